The van der Waals surface area contributed by atoms with Gasteiger partial charge < -0.3 is 10.1 Å². The molecule has 6 nitrogen and oxygen atoms in total. The second-order valence-corrected chi connectivity index (χ2v) is 7.58. The zero-order valence-electron chi connectivity index (χ0n) is 15.0. The van der Waals surface area contributed by atoms with E-state index in [9.17, 15) is 39.6 Å². The number of halogens is 6. The highest BCUT2D eigenvalue weighted by Crippen LogP contribution is 2.34. The molecule has 0 bridgehead atoms. The molecule has 13 heteroatoms. The number of carbonyl (C=O) groups is 1. The zero-order chi connectivity index (χ0) is 22.7. The van der Waals surface area contributed by atoms with Crippen LogP contribution in [0, 0.1) is 0 Å². The highest BCUT2D eigenvalue weighted by Gasteiger charge is 2.37. The number of alkyl halides is 6. The molecule has 0 radical (unpaired) electrons. The summed E-state index contributed by atoms with van der Waals surface area (Å²) >= 11 is 0. The van der Waals surface area contributed by atoms with Gasteiger partial charge in [0.25, 0.3) is 0 Å². The first-order valence-electron chi connectivity index (χ1n) is 8.04. The Morgan fingerprint density at radius 2 is 1.53 bits per heavy atom. The number of sulfonamides is 1. The van der Waals surface area contributed by atoms with Gasteiger partial charge in [-0.2, -0.15) is 17.9 Å². The molecular weight excluding hydrogens is 442 g/mol. The normalized spacial score (nSPS) is 13.6. The highest BCUT2D eigenvalue weighted by molar-refractivity contribution is 7.89. The van der Waals surface area contributed by atoms with E-state index in [1.54, 1.807) is 0 Å². The van der Waals surface area contributed by atoms with Crippen molar-refractivity contribution in [1.82, 2.24) is 4.72 Å². The summed E-state index contributed by atoms with van der Waals surface area (Å²) in [6, 6.07) is 5.91. The minimum absolute atomic E-state index is 0.0104. The van der Waals surface area contributed by atoms with Gasteiger partial charge in [0.2, 0.25) is 15.9 Å². The number of hydrogen-bond donors (Lipinski definition) is 2. The van der Waals surface area contributed by atoms with Crippen LogP contribution in [0.5, 0.6) is 5.75 Å². The fourth-order valence-corrected chi connectivity index (χ4v) is 3.71. The van der Waals surface area contributed by atoms with E-state index in [0.717, 1.165) is 49.4 Å². The van der Waals surface area contributed by atoms with E-state index >= 15 is 0 Å². The van der Waals surface area contributed by atoms with Crippen LogP contribution in [0.15, 0.2) is 53.4 Å². The van der Waals surface area contributed by atoms with Gasteiger partial charge in [0.05, 0.1) is 16.5 Å². The SMILES string of the molecule is C[C@H](NS(=O)(=O)c1ccccc1C(F)(F)F)C(=O)Nc1ccc(OC(F)(F)F)cc1. The first-order valence-corrected chi connectivity index (χ1v) is 9.52. The van der Waals surface area contributed by atoms with Crippen LogP contribution in [-0.2, 0) is 21.0 Å². The van der Waals surface area contributed by atoms with Gasteiger partial charge in [0, 0.05) is 5.69 Å². The Bertz CT molecular complexity index is 1000. The topological polar surface area (TPSA) is 84.5 Å². The Morgan fingerprint density at radius 1 is 0.967 bits per heavy atom. The van der Waals surface area contributed by atoms with Crippen LogP contribution in [-0.4, -0.2) is 26.7 Å². The molecule has 2 aromatic carbocycles. The minimum Gasteiger partial charge on any atom is -0.406 e. The van der Waals surface area contributed by atoms with Crippen molar-refractivity contribution in [3.05, 3.63) is 54.1 Å². The van der Waals surface area contributed by atoms with Crippen molar-refractivity contribution in [2.45, 2.75) is 30.4 Å². The minimum atomic E-state index is -4.93. The van der Waals surface area contributed by atoms with E-state index in [1.807, 2.05) is 4.72 Å². The predicted octanol–water partition coefficient (Wildman–Crippen LogP) is 3.91. The van der Waals surface area contributed by atoms with Crippen molar-refractivity contribution >= 4 is 21.6 Å². The molecule has 0 aliphatic rings. The summed E-state index contributed by atoms with van der Waals surface area (Å²) in [6.45, 7) is 1.09. The van der Waals surface area contributed by atoms with Crippen LogP contribution in [0.25, 0.3) is 0 Å². The van der Waals surface area contributed by atoms with Gasteiger partial charge in [-0.1, -0.05) is 12.1 Å². The lowest BCUT2D eigenvalue weighted by atomic mass is 10.2. The summed E-state index contributed by atoms with van der Waals surface area (Å²) in [7, 11) is -4.71. The van der Waals surface area contributed by atoms with Gasteiger partial charge >= 0.3 is 12.5 Å². The number of amides is 1. The summed E-state index contributed by atoms with van der Waals surface area (Å²) in [5.74, 6) is -1.49. The monoisotopic (exact) mass is 456 g/mol. The molecule has 0 aromatic heterocycles. The lowest BCUT2D eigenvalue weighted by Crippen LogP contribution is -2.42. The van der Waals surface area contributed by atoms with Crippen molar-refractivity contribution in [2.75, 3.05) is 5.32 Å². The van der Waals surface area contributed by atoms with Crippen molar-refractivity contribution in [3.8, 4) is 5.75 Å². The number of carbonyl (C=O) groups excluding carboxylic acids is 1. The number of rotatable bonds is 6. The van der Waals surface area contributed by atoms with Crippen molar-refractivity contribution in [1.29, 1.82) is 0 Å². The quantitative estimate of drug-likeness (QED) is 0.646. The number of hydrogen-bond acceptors (Lipinski definition) is 4. The average molecular weight is 456 g/mol. The smallest absolute Gasteiger partial charge is 0.406 e. The van der Waals surface area contributed by atoms with E-state index in [0.29, 0.717) is 6.07 Å². The molecule has 0 spiro atoms. The number of nitrogens with one attached hydrogen (secondary N) is 2. The van der Waals surface area contributed by atoms with E-state index < -0.39 is 50.7 Å². The third-order valence-electron chi connectivity index (χ3n) is 3.56. The number of benzene rings is 2. The van der Waals surface area contributed by atoms with Gasteiger partial charge in [-0.3, -0.25) is 4.79 Å². The molecule has 164 valence electrons. The molecule has 2 aromatic rings. The lowest BCUT2D eigenvalue weighted by Gasteiger charge is -2.17. The summed E-state index contributed by atoms with van der Waals surface area (Å²) in [5.41, 5.74) is -1.39. The van der Waals surface area contributed by atoms with Gasteiger partial charge in [-0.15, -0.1) is 13.2 Å². The molecular formula is C17H14F6N2O4S. The maximum Gasteiger partial charge on any atom is 0.573 e. The molecule has 1 amide bonds. The third-order valence-corrected chi connectivity index (χ3v) is 5.16. The number of ether oxygens (including phenoxy) is 1. The molecule has 30 heavy (non-hydrogen) atoms. The molecule has 2 N–H and O–H groups in total. The van der Waals surface area contributed by atoms with Gasteiger partial charge in [0.1, 0.15) is 5.75 Å². The Labute approximate surface area is 166 Å². The second kappa shape index (κ2) is 8.52. The van der Waals surface area contributed by atoms with Crippen LogP contribution in [0.3, 0.4) is 0 Å². The Morgan fingerprint density at radius 3 is 2.07 bits per heavy atom. The van der Waals surface area contributed by atoms with Crippen molar-refractivity contribution in [2.24, 2.45) is 0 Å². The fourth-order valence-electron chi connectivity index (χ4n) is 2.28. The van der Waals surface area contributed by atoms with Crippen LogP contribution in [0.1, 0.15) is 12.5 Å². The van der Waals surface area contributed by atoms with E-state index in [1.165, 1.54) is 0 Å². The summed E-state index contributed by atoms with van der Waals surface area (Å²) in [6.07, 6.45) is -9.83. The van der Waals surface area contributed by atoms with Crippen LogP contribution >= 0.6 is 0 Å². The predicted molar refractivity (Wildman–Crippen MR) is 93.0 cm³/mol. The maximum atomic E-state index is 13.0. The molecule has 0 fully saturated rings. The molecule has 0 unspecified atom stereocenters. The molecule has 0 saturated carbocycles. The molecule has 2 rings (SSSR count). The fraction of sp³-hybridized carbons (Fsp3) is 0.235. The van der Waals surface area contributed by atoms with Gasteiger partial charge in [0.15, 0.2) is 0 Å². The van der Waals surface area contributed by atoms with E-state index in [2.05, 4.69) is 10.1 Å². The summed E-state index contributed by atoms with van der Waals surface area (Å²) in [4.78, 5) is 11.1. The molecule has 0 saturated heterocycles. The average Bonchev–Trinajstić information content (AvgIpc) is 2.61. The highest BCUT2D eigenvalue weighted by atomic mass is 32.2. The van der Waals surface area contributed by atoms with Crippen molar-refractivity contribution in [3.63, 3.8) is 0 Å². The van der Waals surface area contributed by atoms with Crippen LogP contribution < -0.4 is 14.8 Å². The zero-order valence-corrected chi connectivity index (χ0v) is 15.8. The van der Waals surface area contributed by atoms with E-state index in [-0.39, 0.29) is 5.69 Å². The van der Waals surface area contributed by atoms with Crippen molar-refractivity contribution < 1.29 is 44.3 Å². The largest absolute Gasteiger partial charge is 0.573 e. The van der Waals surface area contributed by atoms with E-state index in [4.69, 9.17) is 0 Å². The van der Waals surface area contributed by atoms with Gasteiger partial charge in [-0.25, -0.2) is 8.42 Å². The first kappa shape index (κ1) is 23.5. The summed E-state index contributed by atoms with van der Waals surface area (Å²) in [5, 5.41) is 2.23. The molecule has 0 heterocycles. The molecule has 0 aliphatic heterocycles. The molecule has 1 atom stereocenters. The number of anilines is 1. The summed E-state index contributed by atoms with van der Waals surface area (Å²) < 4.78 is 106. The first-order chi connectivity index (χ1) is 13.7. The third kappa shape index (κ3) is 6.35. The second-order valence-electron chi connectivity index (χ2n) is 5.90. The molecule has 0 aliphatic carbocycles. The Hall–Kier alpha value is -2.80. The Kier molecular flexibility index (Phi) is 6.67. The lowest BCUT2D eigenvalue weighted by molar-refractivity contribution is -0.274. The Balaban J connectivity index is 2.11. The maximum absolute atomic E-state index is 13.0. The van der Waals surface area contributed by atoms with Gasteiger partial charge in [-0.05, 0) is 43.3 Å². The standard InChI is InChI=1S/C17H14F6N2O4S/c1-10(15(26)24-11-6-8-12(9-7-11)29-17(21,22)23)25-30(27,28)14-5-3-2-4-13(14)16(18,19)20/h2-10,25H,1H3,(H,24,26)/t10-/m0/s1. The van der Waals surface area contributed by atoms with Crippen LogP contribution in [0.2, 0.25) is 0 Å². The van der Waals surface area contributed by atoms with Crippen LogP contribution in [0.4, 0.5) is 32.0 Å².